The van der Waals surface area contributed by atoms with Gasteiger partial charge >= 0.3 is 12.0 Å². The molecule has 9 heteroatoms. The molecule has 1 aromatic rings. The highest BCUT2D eigenvalue weighted by Crippen LogP contribution is 2.07. The molecule has 0 fully saturated rings. The number of aryl methyl sites for hydroxylation is 1. The van der Waals surface area contributed by atoms with Gasteiger partial charge in [-0.2, -0.15) is 11.8 Å². The normalized spacial score (nSPS) is 12.1. The number of anilines is 1. The SMILES string of the molecule is Cc1nnc(NC(=O)CSCCC(N)C(=O)O)o1. The molecule has 0 aliphatic carbocycles. The molecule has 1 amide bonds. The lowest BCUT2D eigenvalue weighted by Gasteiger charge is -2.05. The lowest BCUT2D eigenvalue weighted by atomic mass is 10.2. The van der Waals surface area contributed by atoms with Gasteiger partial charge in [-0.05, 0) is 12.2 Å². The van der Waals surface area contributed by atoms with Gasteiger partial charge in [0.25, 0.3) is 0 Å². The van der Waals surface area contributed by atoms with Crippen LogP contribution < -0.4 is 11.1 Å². The average Bonchev–Trinajstić information content (AvgIpc) is 2.69. The molecule has 0 spiro atoms. The number of carbonyl (C=O) groups excluding carboxylic acids is 1. The fourth-order valence-corrected chi connectivity index (χ4v) is 1.82. The fraction of sp³-hybridized carbons (Fsp3) is 0.556. The predicted octanol–water partition coefficient (Wildman–Crippen LogP) is -0.148. The fourth-order valence-electron chi connectivity index (χ4n) is 1.00. The van der Waals surface area contributed by atoms with E-state index in [1.807, 2.05) is 0 Å². The highest BCUT2D eigenvalue weighted by atomic mass is 32.2. The number of aromatic nitrogens is 2. The van der Waals surface area contributed by atoms with Crippen LogP contribution in [0.5, 0.6) is 0 Å². The maximum absolute atomic E-state index is 11.4. The maximum atomic E-state index is 11.4. The topological polar surface area (TPSA) is 131 Å². The third-order valence-corrected chi connectivity index (χ3v) is 2.89. The second-order valence-electron chi connectivity index (χ2n) is 3.46. The molecule has 4 N–H and O–H groups in total. The van der Waals surface area contributed by atoms with Crippen molar-refractivity contribution in [3.05, 3.63) is 5.89 Å². The minimum atomic E-state index is -1.04. The number of nitrogens with zero attached hydrogens (tertiary/aromatic N) is 2. The molecule has 1 heterocycles. The van der Waals surface area contributed by atoms with Gasteiger partial charge in [-0.25, -0.2) is 0 Å². The largest absolute Gasteiger partial charge is 0.480 e. The smallest absolute Gasteiger partial charge is 0.322 e. The summed E-state index contributed by atoms with van der Waals surface area (Å²) in [5, 5.41) is 18.1. The molecule has 0 aliphatic heterocycles. The summed E-state index contributed by atoms with van der Waals surface area (Å²) in [5.74, 6) is -0.295. The lowest BCUT2D eigenvalue weighted by molar-refractivity contribution is -0.138. The quantitative estimate of drug-likeness (QED) is 0.585. The molecule has 1 rings (SSSR count). The standard InChI is InChI=1S/C9H14N4O4S/c1-5-12-13-9(17-5)11-7(14)4-18-3-2-6(10)8(15)16/h6H,2-4,10H2,1H3,(H,15,16)(H,11,13,14). The van der Waals surface area contributed by atoms with Gasteiger partial charge in [-0.1, -0.05) is 5.10 Å². The van der Waals surface area contributed by atoms with Crippen LogP contribution >= 0.6 is 11.8 Å². The summed E-state index contributed by atoms with van der Waals surface area (Å²) < 4.78 is 4.97. The van der Waals surface area contributed by atoms with Crippen LogP contribution in [-0.4, -0.2) is 44.7 Å². The zero-order chi connectivity index (χ0) is 13.5. The summed E-state index contributed by atoms with van der Waals surface area (Å²) in [6, 6.07) is -0.834. The predicted molar refractivity (Wildman–Crippen MR) is 65.2 cm³/mol. The van der Waals surface area contributed by atoms with Gasteiger partial charge in [0.1, 0.15) is 6.04 Å². The Kier molecular flexibility index (Phi) is 5.59. The van der Waals surface area contributed by atoms with Crippen LogP contribution in [0.4, 0.5) is 6.01 Å². The van der Waals surface area contributed by atoms with Crippen molar-refractivity contribution >= 4 is 29.7 Å². The molecule has 0 saturated carbocycles. The van der Waals surface area contributed by atoms with E-state index in [1.54, 1.807) is 6.92 Å². The Morgan fingerprint density at radius 2 is 2.28 bits per heavy atom. The van der Waals surface area contributed by atoms with Gasteiger partial charge in [0.05, 0.1) is 5.75 Å². The first-order chi connectivity index (χ1) is 8.49. The van der Waals surface area contributed by atoms with Gasteiger partial charge in [-0.3, -0.25) is 14.9 Å². The molecule has 0 aliphatic rings. The maximum Gasteiger partial charge on any atom is 0.322 e. The van der Waals surface area contributed by atoms with Crippen molar-refractivity contribution < 1.29 is 19.1 Å². The average molecular weight is 274 g/mol. The van der Waals surface area contributed by atoms with Crippen LogP contribution in [0, 0.1) is 6.92 Å². The Morgan fingerprint density at radius 1 is 1.56 bits per heavy atom. The van der Waals surface area contributed by atoms with Crippen molar-refractivity contribution in [1.29, 1.82) is 0 Å². The summed E-state index contributed by atoms with van der Waals surface area (Å²) in [5.41, 5.74) is 5.31. The van der Waals surface area contributed by atoms with Crippen LogP contribution in [0.1, 0.15) is 12.3 Å². The Balaban J connectivity index is 2.16. The van der Waals surface area contributed by atoms with E-state index in [-0.39, 0.29) is 17.7 Å². The number of hydrogen-bond donors (Lipinski definition) is 3. The highest BCUT2D eigenvalue weighted by Gasteiger charge is 2.12. The van der Waals surface area contributed by atoms with E-state index in [0.29, 0.717) is 18.1 Å². The van der Waals surface area contributed by atoms with Crippen molar-refractivity contribution in [2.45, 2.75) is 19.4 Å². The number of amides is 1. The number of aliphatic carboxylic acids is 1. The minimum absolute atomic E-state index is 0.0559. The molecule has 1 unspecified atom stereocenters. The molecule has 100 valence electrons. The number of hydrogen-bond acceptors (Lipinski definition) is 7. The van der Waals surface area contributed by atoms with Gasteiger partial charge < -0.3 is 15.3 Å². The van der Waals surface area contributed by atoms with Gasteiger partial charge in [0.2, 0.25) is 11.8 Å². The molecule has 1 atom stereocenters. The lowest BCUT2D eigenvalue weighted by Crippen LogP contribution is -2.30. The third kappa shape index (κ3) is 5.15. The Hall–Kier alpha value is -1.61. The van der Waals surface area contributed by atoms with E-state index in [9.17, 15) is 9.59 Å². The first-order valence-corrected chi connectivity index (χ1v) is 6.30. The number of carboxylic acid groups (broad SMARTS) is 1. The molecule has 0 bridgehead atoms. The molecule has 1 aromatic heterocycles. The number of rotatable bonds is 7. The second kappa shape index (κ2) is 6.97. The van der Waals surface area contributed by atoms with Crippen LogP contribution in [-0.2, 0) is 9.59 Å². The summed E-state index contributed by atoms with van der Waals surface area (Å²) in [7, 11) is 0. The third-order valence-electron chi connectivity index (χ3n) is 1.90. The van der Waals surface area contributed by atoms with Crippen molar-refractivity contribution in [2.75, 3.05) is 16.8 Å². The minimum Gasteiger partial charge on any atom is -0.480 e. The Bertz CT molecular complexity index is 422. The van der Waals surface area contributed by atoms with E-state index in [2.05, 4.69) is 15.5 Å². The number of carboxylic acids is 1. The first kappa shape index (κ1) is 14.5. The summed E-state index contributed by atoms with van der Waals surface area (Å²) in [6.45, 7) is 1.62. The first-order valence-electron chi connectivity index (χ1n) is 5.15. The number of nitrogens with two attached hydrogens (primary N) is 1. The Morgan fingerprint density at radius 3 is 2.83 bits per heavy atom. The van der Waals surface area contributed by atoms with Gasteiger partial charge in [0.15, 0.2) is 0 Å². The van der Waals surface area contributed by atoms with E-state index in [0.717, 1.165) is 0 Å². The zero-order valence-corrected chi connectivity index (χ0v) is 10.6. The molecular weight excluding hydrogens is 260 g/mol. The van der Waals surface area contributed by atoms with E-state index in [4.69, 9.17) is 15.3 Å². The van der Waals surface area contributed by atoms with E-state index >= 15 is 0 Å². The van der Waals surface area contributed by atoms with Crippen LogP contribution in [0.15, 0.2) is 4.42 Å². The summed E-state index contributed by atoms with van der Waals surface area (Å²) in [6.07, 6.45) is 0.312. The van der Waals surface area contributed by atoms with E-state index in [1.165, 1.54) is 11.8 Å². The van der Waals surface area contributed by atoms with E-state index < -0.39 is 12.0 Å². The Labute approximate surface area is 107 Å². The monoisotopic (exact) mass is 274 g/mol. The summed E-state index contributed by atoms with van der Waals surface area (Å²) in [4.78, 5) is 21.8. The van der Waals surface area contributed by atoms with Crippen molar-refractivity contribution in [3.8, 4) is 0 Å². The van der Waals surface area contributed by atoms with Gasteiger partial charge in [0, 0.05) is 6.92 Å². The number of thioether (sulfide) groups is 1. The van der Waals surface area contributed by atoms with Crippen molar-refractivity contribution in [2.24, 2.45) is 5.73 Å². The molecule has 18 heavy (non-hydrogen) atoms. The van der Waals surface area contributed by atoms with Crippen molar-refractivity contribution in [3.63, 3.8) is 0 Å². The number of nitrogens with one attached hydrogen (secondary N) is 1. The van der Waals surface area contributed by atoms with Crippen LogP contribution in [0.3, 0.4) is 0 Å². The highest BCUT2D eigenvalue weighted by molar-refractivity contribution is 7.99. The van der Waals surface area contributed by atoms with Crippen LogP contribution in [0.2, 0.25) is 0 Å². The molecule has 8 nitrogen and oxygen atoms in total. The molecular formula is C9H14N4O4S. The van der Waals surface area contributed by atoms with Gasteiger partial charge in [-0.15, -0.1) is 5.10 Å². The molecule has 0 saturated heterocycles. The molecule has 0 radical (unpaired) electrons. The second-order valence-corrected chi connectivity index (χ2v) is 4.57. The zero-order valence-electron chi connectivity index (χ0n) is 9.75. The van der Waals surface area contributed by atoms with Crippen LogP contribution in [0.25, 0.3) is 0 Å². The number of carbonyl (C=O) groups is 2. The van der Waals surface area contributed by atoms with Crippen molar-refractivity contribution in [1.82, 2.24) is 10.2 Å². The summed E-state index contributed by atoms with van der Waals surface area (Å²) >= 11 is 1.29. The molecule has 0 aromatic carbocycles.